The Bertz CT molecular complexity index is 149. The third-order valence-corrected chi connectivity index (χ3v) is 1.81. The van der Waals surface area contributed by atoms with Gasteiger partial charge in [-0.3, -0.25) is 0 Å². The lowest BCUT2D eigenvalue weighted by atomic mass is 10.3. The van der Waals surface area contributed by atoms with Gasteiger partial charge in [0.2, 0.25) is 0 Å². The van der Waals surface area contributed by atoms with Crippen LogP contribution in [-0.4, -0.2) is 37.7 Å². The molecule has 0 saturated heterocycles. The average Bonchev–Trinajstić information content (AvgIpc) is 2.48. The first-order chi connectivity index (χ1) is 5.36. The maximum absolute atomic E-state index is 5.60. The molecule has 0 atom stereocenters. The zero-order valence-electron chi connectivity index (χ0n) is 6.55. The van der Waals surface area contributed by atoms with E-state index in [1.54, 1.807) is 13.4 Å². The third kappa shape index (κ3) is 2.69. The molecule has 1 aliphatic rings. The van der Waals surface area contributed by atoms with Crippen molar-refractivity contribution in [2.24, 2.45) is 0 Å². The molecule has 0 fully saturated rings. The number of methoxy groups -OCH3 is 1. The Labute approximate surface area is 71.5 Å². The predicted octanol–water partition coefficient (Wildman–Crippen LogP) is 1.00. The van der Waals surface area contributed by atoms with Gasteiger partial charge in [-0.15, -0.1) is 16.7 Å². The van der Waals surface area contributed by atoms with E-state index in [2.05, 4.69) is 0 Å². The lowest BCUT2D eigenvalue weighted by Crippen LogP contribution is -2.23. The Morgan fingerprint density at radius 1 is 1.82 bits per heavy atom. The van der Waals surface area contributed by atoms with Crippen molar-refractivity contribution in [1.29, 1.82) is 0 Å². The highest BCUT2D eigenvalue weighted by atomic mass is 35.5. The molecule has 0 aromatic carbocycles. The Balaban J connectivity index is 2.14. The Morgan fingerprint density at radius 2 is 2.64 bits per heavy atom. The van der Waals surface area contributed by atoms with Crippen LogP contribution in [-0.2, 0) is 9.57 Å². The summed E-state index contributed by atoms with van der Waals surface area (Å²) in [5, 5.41) is 1.82. The van der Waals surface area contributed by atoms with Crippen molar-refractivity contribution in [2.45, 2.75) is 0 Å². The van der Waals surface area contributed by atoms with Gasteiger partial charge in [0.05, 0.1) is 19.7 Å². The van der Waals surface area contributed by atoms with Crippen molar-refractivity contribution in [2.75, 3.05) is 32.7 Å². The second kappa shape index (κ2) is 4.59. The summed E-state index contributed by atoms with van der Waals surface area (Å²) in [6.45, 7) is 2.27. The van der Waals surface area contributed by atoms with Gasteiger partial charge in [0.15, 0.2) is 0 Å². The maximum Gasteiger partial charge on any atom is 0.113 e. The van der Waals surface area contributed by atoms with Crippen LogP contribution in [0.5, 0.6) is 0 Å². The number of halogens is 1. The monoisotopic (exact) mass is 177 g/mol. The second-order valence-electron chi connectivity index (χ2n) is 2.37. The fraction of sp³-hybridized carbons (Fsp3) is 0.714. The van der Waals surface area contributed by atoms with Gasteiger partial charge < -0.3 is 9.57 Å². The zero-order chi connectivity index (χ0) is 8.10. The number of hydrogen-bond acceptors (Lipinski definition) is 3. The van der Waals surface area contributed by atoms with Gasteiger partial charge in [0, 0.05) is 13.0 Å². The van der Waals surface area contributed by atoms with E-state index in [0.29, 0.717) is 12.5 Å². The van der Waals surface area contributed by atoms with Gasteiger partial charge >= 0.3 is 0 Å². The molecule has 0 aromatic heterocycles. The van der Waals surface area contributed by atoms with Gasteiger partial charge in [0.25, 0.3) is 0 Å². The standard InChI is InChI=1S/C7H12ClNO2/c1-10-3-2-9-5-7(4-8)6-11-9/h6H,2-5H2,1H3. The molecule has 0 unspecified atom stereocenters. The quantitative estimate of drug-likeness (QED) is 0.599. The lowest BCUT2D eigenvalue weighted by molar-refractivity contribution is -0.0864. The number of nitrogens with zero attached hydrogens (tertiary/aromatic N) is 1. The molecule has 0 aromatic rings. The molecule has 64 valence electrons. The van der Waals surface area contributed by atoms with E-state index in [1.807, 2.05) is 5.06 Å². The van der Waals surface area contributed by atoms with Crippen molar-refractivity contribution in [1.82, 2.24) is 5.06 Å². The number of alkyl halides is 1. The van der Waals surface area contributed by atoms with Crippen LogP contribution in [0.25, 0.3) is 0 Å². The molecule has 0 aliphatic carbocycles. The summed E-state index contributed by atoms with van der Waals surface area (Å²) >= 11 is 5.60. The molecule has 3 nitrogen and oxygen atoms in total. The van der Waals surface area contributed by atoms with Gasteiger partial charge in [0.1, 0.15) is 6.26 Å². The van der Waals surface area contributed by atoms with Crippen LogP contribution in [0.15, 0.2) is 11.8 Å². The predicted molar refractivity (Wildman–Crippen MR) is 43.3 cm³/mol. The molecule has 0 bridgehead atoms. The van der Waals surface area contributed by atoms with E-state index in [1.165, 1.54) is 0 Å². The van der Waals surface area contributed by atoms with Gasteiger partial charge in [-0.1, -0.05) is 0 Å². The lowest BCUT2D eigenvalue weighted by Gasteiger charge is -2.12. The number of hydroxylamine groups is 2. The second-order valence-corrected chi connectivity index (χ2v) is 2.64. The van der Waals surface area contributed by atoms with Crippen LogP contribution in [0.1, 0.15) is 0 Å². The molecule has 0 saturated carbocycles. The van der Waals surface area contributed by atoms with Crippen LogP contribution in [0.4, 0.5) is 0 Å². The minimum Gasteiger partial charge on any atom is -0.413 e. The van der Waals surface area contributed by atoms with E-state index in [4.69, 9.17) is 21.2 Å². The van der Waals surface area contributed by atoms with Crippen LogP contribution < -0.4 is 0 Å². The minimum atomic E-state index is 0.545. The van der Waals surface area contributed by atoms with E-state index < -0.39 is 0 Å². The molecule has 0 radical (unpaired) electrons. The molecule has 0 N–H and O–H groups in total. The summed E-state index contributed by atoms with van der Waals surface area (Å²) < 4.78 is 4.89. The molecule has 4 heteroatoms. The molecule has 0 spiro atoms. The highest BCUT2D eigenvalue weighted by Gasteiger charge is 2.13. The number of rotatable bonds is 4. The van der Waals surface area contributed by atoms with Crippen molar-refractivity contribution in [3.63, 3.8) is 0 Å². The minimum absolute atomic E-state index is 0.545. The highest BCUT2D eigenvalue weighted by Crippen LogP contribution is 2.10. The topological polar surface area (TPSA) is 21.7 Å². The van der Waals surface area contributed by atoms with Crippen LogP contribution in [0.2, 0.25) is 0 Å². The summed E-state index contributed by atoms with van der Waals surface area (Å²) in [4.78, 5) is 5.17. The number of hydrogen-bond donors (Lipinski definition) is 0. The zero-order valence-corrected chi connectivity index (χ0v) is 7.30. The molecular weight excluding hydrogens is 166 g/mol. The first kappa shape index (κ1) is 8.84. The van der Waals surface area contributed by atoms with Gasteiger partial charge in [-0.2, -0.15) is 0 Å². The molecule has 1 rings (SSSR count). The van der Waals surface area contributed by atoms with E-state index in [9.17, 15) is 0 Å². The third-order valence-electron chi connectivity index (χ3n) is 1.46. The van der Waals surface area contributed by atoms with E-state index in [-0.39, 0.29) is 0 Å². The van der Waals surface area contributed by atoms with Crippen molar-refractivity contribution < 1.29 is 9.57 Å². The Morgan fingerprint density at radius 3 is 3.18 bits per heavy atom. The molecule has 1 aliphatic heterocycles. The van der Waals surface area contributed by atoms with Crippen LogP contribution in [0.3, 0.4) is 0 Å². The maximum atomic E-state index is 5.60. The summed E-state index contributed by atoms with van der Waals surface area (Å²) in [7, 11) is 1.67. The summed E-state index contributed by atoms with van der Waals surface area (Å²) in [5.74, 6) is 0.545. The van der Waals surface area contributed by atoms with Crippen molar-refractivity contribution in [3.8, 4) is 0 Å². The Kier molecular flexibility index (Phi) is 3.69. The molecular formula is C7H12ClNO2. The smallest absolute Gasteiger partial charge is 0.113 e. The Hall–Kier alpha value is -0.250. The molecule has 1 heterocycles. The normalized spacial score (nSPS) is 18.2. The van der Waals surface area contributed by atoms with Gasteiger partial charge in [-0.05, 0) is 5.57 Å². The first-order valence-corrected chi connectivity index (χ1v) is 4.05. The summed E-state index contributed by atoms with van der Waals surface area (Å²) in [6.07, 6.45) is 1.70. The summed E-state index contributed by atoms with van der Waals surface area (Å²) in [5.41, 5.74) is 1.11. The highest BCUT2D eigenvalue weighted by molar-refractivity contribution is 6.19. The fourth-order valence-corrected chi connectivity index (χ4v) is 0.996. The summed E-state index contributed by atoms with van der Waals surface area (Å²) in [6, 6.07) is 0. The fourth-order valence-electron chi connectivity index (χ4n) is 0.849. The average molecular weight is 178 g/mol. The van der Waals surface area contributed by atoms with Crippen molar-refractivity contribution >= 4 is 11.6 Å². The molecule has 11 heavy (non-hydrogen) atoms. The first-order valence-electron chi connectivity index (χ1n) is 3.51. The SMILES string of the molecule is COCCN1CC(CCl)=CO1. The van der Waals surface area contributed by atoms with E-state index in [0.717, 1.165) is 18.7 Å². The van der Waals surface area contributed by atoms with Crippen LogP contribution >= 0.6 is 11.6 Å². The number of ether oxygens (including phenoxy) is 1. The van der Waals surface area contributed by atoms with E-state index >= 15 is 0 Å². The van der Waals surface area contributed by atoms with Crippen LogP contribution in [0, 0.1) is 0 Å². The molecule has 0 amide bonds. The van der Waals surface area contributed by atoms with Gasteiger partial charge in [-0.25, -0.2) is 0 Å². The van der Waals surface area contributed by atoms with Crippen molar-refractivity contribution in [3.05, 3.63) is 11.8 Å². The largest absolute Gasteiger partial charge is 0.413 e.